The van der Waals surface area contributed by atoms with Crippen molar-refractivity contribution in [2.24, 2.45) is 0 Å². The average molecular weight is 316 g/mol. The van der Waals surface area contributed by atoms with E-state index in [0.29, 0.717) is 0 Å². The van der Waals surface area contributed by atoms with Gasteiger partial charge in [-0.05, 0) is 34.6 Å². The Bertz CT molecular complexity index is 740. The number of amides is 1. The van der Waals surface area contributed by atoms with E-state index in [1.165, 1.54) is 5.56 Å². The number of carboxylic acid groups (broad SMARTS) is 1. The highest BCUT2D eigenvalue weighted by atomic mass is 35.5. The third-order valence-electron chi connectivity index (χ3n) is 4.35. The minimum absolute atomic E-state index is 0.0697. The Kier molecular flexibility index (Phi) is 3.61. The number of rotatable bonds is 2. The largest absolute Gasteiger partial charge is 0.465 e. The summed E-state index contributed by atoms with van der Waals surface area (Å²) in [5.41, 5.74) is 4.23. The standard InChI is InChI=1S/C18H18ClNO2/c1-18(2)10-16(20-17(21)22)13-8-7-11(9-14(13)18)12-5-3-4-6-15(12)19/h3-9,16,20H,10H2,1-2H3,(H,21,22). The first kappa shape index (κ1) is 14.9. The van der Waals surface area contributed by atoms with Crippen molar-refractivity contribution in [1.29, 1.82) is 0 Å². The van der Waals surface area contributed by atoms with Crippen LogP contribution >= 0.6 is 11.6 Å². The van der Waals surface area contributed by atoms with Gasteiger partial charge in [0.05, 0.1) is 6.04 Å². The summed E-state index contributed by atoms with van der Waals surface area (Å²) >= 11 is 6.29. The molecule has 3 nitrogen and oxygen atoms in total. The summed E-state index contributed by atoms with van der Waals surface area (Å²) in [5.74, 6) is 0. The van der Waals surface area contributed by atoms with Gasteiger partial charge in [0.1, 0.15) is 0 Å². The van der Waals surface area contributed by atoms with E-state index in [9.17, 15) is 4.79 Å². The molecule has 0 spiro atoms. The van der Waals surface area contributed by atoms with E-state index in [4.69, 9.17) is 16.7 Å². The molecule has 0 saturated heterocycles. The van der Waals surface area contributed by atoms with Gasteiger partial charge < -0.3 is 10.4 Å². The first-order chi connectivity index (χ1) is 10.4. The number of nitrogens with one attached hydrogen (secondary N) is 1. The molecule has 0 aromatic heterocycles. The monoisotopic (exact) mass is 315 g/mol. The van der Waals surface area contributed by atoms with E-state index in [-0.39, 0.29) is 11.5 Å². The Morgan fingerprint density at radius 2 is 2.00 bits per heavy atom. The van der Waals surface area contributed by atoms with Crippen LogP contribution in [0.4, 0.5) is 4.79 Å². The summed E-state index contributed by atoms with van der Waals surface area (Å²) in [6, 6.07) is 13.8. The second-order valence-corrected chi connectivity index (χ2v) is 6.78. The lowest BCUT2D eigenvalue weighted by atomic mass is 9.85. The fourth-order valence-corrected chi connectivity index (χ4v) is 3.56. The maximum atomic E-state index is 11.0. The Labute approximate surface area is 134 Å². The van der Waals surface area contributed by atoms with E-state index in [1.54, 1.807) is 0 Å². The predicted octanol–water partition coefficient (Wildman–Crippen LogP) is 5.00. The lowest BCUT2D eigenvalue weighted by molar-refractivity contribution is 0.188. The van der Waals surface area contributed by atoms with Crippen LogP contribution in [-0.4, -0.2) is 11.2 Å². The topological polar surface area (TPSA) is 49.3 Å². The molecule has 3 rings (SSSR count). The molecule has 0 radical (unpaired) electrons. The maximum Gasteiger partial charge on any atom is 0.405 e. The van der Waals surface area contributed by atoms with Gasteiger partial charge in [-0.15, -0.1) is 0 Å². The van der Waals surface area contributed by atoms with Gasteiger partial charge in [-0.1, -0.05) is 61.8 Å². The first-order valence-electron chi connectivity index (χ1n) is 7.27. The smallest absolute Gasteiger partial charge is 0.405 e. The lowest BCUT2D eigenvalue weighted by Crippen LogP contribution is -2.26. The van der Waals surface area contributed by atoms with Crippen molar-refractivity contribution >= 4 is 17.7 Å². The van der Waals surface area contributed by atoms with Crippen molar-refractivity contribution in [3.8, 4) is 11.1 Å². The molecule has 0 saturated carbocycles. The van der Waals surface area contributed by atoms with Crippen molar-refractivity contribution in [3.05, 3.63) is 58.6 Å². The van der Waals surface area contributed by atoms with Crippen LogP contribution in [0, 0.1) is 0 Å². The van der Waals surface area contributed by atoms with Crippen molar-refractivity contribution < 1.29 is 9.90 Å². The molecule has 2 N–H and O–H groups in total. The summed E-state index contributed by atoms with van der Waals surface area (Å²) in [6.45, 7) is 4.29. The van der Waals surface area contributed by atoms with Crippen LogP contribution in [0.5, 0.6) is 0 Å². The van der Waals surface area contributed by atoms with Gasteiger partial charge in [0.25, 0.3) is 0 Å². The second kappa shape index (κ2) is 5.33. The second-order valence-electron chi connectivity index (χ2n) is 6.37. The highest BCUT2D eigenvalue weighted by Gasteiger charge is 2.37. The minimum atomic E-state index is -0.983. The molecule has 0 heterocycles. The summed E-state index contributed by atoms with van der Waals surface area (Å²) in [4.78, 5) is 11.0. The molecule has 1 aliphatic carbocycles. The van der Waals surface area contributed by atoms with Crippen molar-refractivity contribution in [2.45, 2.75) is 31.7 Å². The number of halogens is 1. The van der Waals surface area contributed by atoms with E-state index >= 15 is 0 Å². The number of benzene rings is 2. The van der Waals surface area contributed by atoms with Crippen LogP contribution in [0.3, 0.4) is 0 Å². The molecule has 4 heteroatoms. The first-order valence-corrected chi connectivity index (χ1v) is 7.65. The lowest BCUT2D eigenvalue weighted by Gasteiger charge is -2.20. The summed E-state index contributed by atoms with van der Waals surface area (Å²) in [6.07, 6.45) is -0.218. The summed E-state index contributed by atoms with van der Waals surface area (Å²) in [7, 11) is 0. The van der Waals surface area contributed by atoms with Crippen molar-refractivity contribution in [3.63, 3.8) is 0 Å². The third kappa shape index (κ3) is 2.57. The molecule has 1 unspecified atom stereocenters. The highest BCUT2D eigenvalue weighted by molar-refractivity contribution is 6.33. The van der Waals surface area contributed by atoms with E-state index < -0.39 is 6.09 Å². The van der Waals surface area contributed by atoms with E-state index in [1.807, 2.05) is 36.4 Å². The average Bonchev–Trinajstić information content (AvgIpc) is 2.69. The van der Waals surface area contributed by atoms with Crippen molar-refractivity contribution in [2.75, 3.05) is 0 Å². The molecule has 1 atom stereocenters. The fraction of sp³-hybridized carbons (Fsp3) is 0.278. The summed E-state index contributed by atoms with van der Waals surface area (Å²) < 4.78 is 0. The predicted molar refractivity (Wildman–Crippen MR) is 88.4 cm³/mol. The molecule has 0 aliphatic heterocycles. The Balaban J connectivity index is 2.07. The van der Waals surface area contributed by atoms with Crippen LogP contribution in [0.15, 0.2) is 42.5 Å². The normalized spacial score (nSPS) is 18.8. The maximum absolute atomic E-state index is 11.0. The highest BCUT2D eigenvalue weighted by Crippen LogP contribution is 2.46. The molecule has 2 aromatic rings. The molecular weight excluding hydrogens is 298 g/mol. The van der Waals surface area contributed by atoms with Gasteiger partial charge in [-0.25, -0.2) is 4.79 Å². The Morgan fingerprint density at radius 1 is 1.27 bits per heavy atom. The van der Waals surface area contributed by atoms with Crippen molar-refractivity contribution in [1.82, 2.24) is 5.32 Å². The number of fused-ring (bicyclic) bond motifs is 1. The number of carbonyl (C=O) groups is 1. The minimum Gasteiger partial charge on any atom is -0.465 e. The van der Waals surface area contributed by atoms with Gasteiger partial charge in [-0.3, -0.25) is 0 Å². The van der Waals surface area contributed by atoms with Crippen LogP contribution in [0.25, 0.3) is 11.1 Å². The molecule has 0 bridgehead atoms. The zero-order valence-corrected chi connectivity index (χ0v) is 13.3. The number of hydrogen-bond donors (Lipinski definition) is 2. The quantitative estimate of drug-likeness (QED) is 0.819. The van der Waals surface area contributed by atoms with Gasteiger partial charge in [0.2, 0.25) is 0 Å². The molecular formula is C18H18ClNO2. The zero-order valence-electron chi connectivity index (χ0n) is 12.6. The van der Waals surface area contributed by atoms with Gasteiger partial charge in [0.15, 0.2) is 0 Å². The third-order valence-corrected chi connectivity index (χ3v) is 4.68. The molecule has 1 amide bonds. The Morgan fingerprint density at radius 3 is 2.68 bits per heavy atom. The molecule has 1 aliphatic rings. The number of hydrogen-bond acceptors (Lipinski definition) is 1. The Hall–Kier alpha value is -2.00. The van der Waals surface area contributed by atoms with Gasteiger partial charge in [-0.2, -0.15) is 0 Å². The van der Waals surface area contributed by atoms with Crippen LogP contribution in [0.2, 0.25) is 5.02 Å². The van der Waals surface area contributed by atoms with Crippen LogP contribution in [-0.2, 0) is 5.41 Å². The summed E-state index contributed by atoms with van der Waals surface area (Å²) in [5, 5.41) is 12.3. The van der Waals surface area contributed by atoms with Crippen LogP contribution < -0.4 is 5.32 Å². The van der Waals surface area contributed by atoms with Crippen LogP contribution in [0.1, 0.15) is 37.4 Å². The molecule has 114 valence electrons. The molecule has 2 aromatic carbocycles. The fourth-order valence-electron chi connectivity index (χ4n) is 3.32. The zero-order chi connectivity index (χ0) is 15.9. The van der Waals surface area contributed by atoms with E-state index in [0.717, 1.165) is 28.1 Å². The van der Waals surface area contributed by atoms with Gasteiger partial charge in [0, 0.05) is 10.6 Å². The van der Waals surface area contributed by atoms with Gasteiger partial charge >= 0.3 is 6.09 Å². The molecule has 22 heavy (non-hydrogen) atoms. The SMILES string of the molecule is CC1(C)CC(NC(=O)O)c2ccc(-c3ccccc3Cl)cc21. The molecule has 0 fully saturated rings. The van der Waals surface area contributed by atoms with E-state index in [2.05, 4.69) is 25.2 Å².